The molecule has 5 heteroatoms. The molecule has 158 valence electrons. The third kappa shape index (κ3) is 3.79. The van der Waals surface area contributed by atoms with Crippen molar-refractivity contribution < 1.29 is 14.3 Å². The third-order valence-corrected chi connectivity index (χ3v) is 5.77. The number of carbonyl (C=O) groups excluding carboxylic acids is 2. The van der Waals surface area contributed by atoms with Crippen LogP contribution in [-0.4, -0.2) is 25.5 Å². The molecule has 1 unspecified atom stereocenters. The summed E-state index contributed by atoms with van der Waals surface area (Å²) in [6.45, 7) is 5.94. The zero-order valence-corrected chi connectivity index (χ0v) is 18.3. The fourth-order valence-corrected chi connectivity index (χ4v) is 4.19. The van der Waals surface area contributed by atoms with Crippen LogP contribution in [0.4, 0.5) is 11.4 Å². The number of rotatable bonds is 4. The zero-order chi connectivity index (χ0) is 22.1. The predicted octanol–water partition coefficient (Wildman–Crippen LogP) is 4.74. The molecule has 3 aromatic rings. The number of nitrogens with zero attached hydrogens (tertiary/aromatic N) is 2. The molecule has 2 amide bonds. The number of ether oxygens (including phenoxy) is 1. The van der Waals surface area contributed by atoms with Crippen LogP contribution in [0.2, 0.25) is 0 Å². The van der Waals surface area contributed by atoms with Crippen LogP contribution in [-0.2, 0) is 9.59 Å². The average Bonchev–Trinajstić information content (AvgIpc) is 2.76. The van der Waals surface area contributed by atoms with Gasteiger partial charge in [-0.15, -0.1) is 0 Å². The molecule has 0 radical (unpaired) electrons. The largest absolute Gasteiger partial charge is 0.497 e. The van der Waals surface area contributed by atoms with Gasteiger partial charge >= 0.3 is 0 Å². The van der Waals surface area contributed by atoms with Crippen LogP contribution in [0, 0.1) is 20.8 Å². The Balaban J connectivity index is 1.85. The molecule has 1 heterocycles. The quantitative estimate of drug-likeness (QED) is 0.620. The van der Waals surface area contributed by atoms with Crippen molar-refractivity contribution in [3.05, 3.63) is 89.0 Å². The molecule has 31 heavy (non-hydrogen) atoms. The number of piperazine rings is 1. The van der Waals surface area contributed by atoms with Gasteiger partial charge in [0.05, 0.1) is 7.11 Å². The number of benzene rings is 3. The van der Waals surface area contributed by atoms with Crippen LogP contribution < -0.4 is 14.5 Å². The summed E-state index contributed by atoms with van der Waals surface area (Å²) in [5.41, 5.74) is 5.30. The molecule has 0 saturated carbocycles. The highest BCUT2D eigenvalue weighted by Crippen LogP contribution is 2.37. The summed E-state index contributed by atoms with van der Waals surface area (Å²) in [4.78, 5) is 30.6. The molecule has 3 aromatic carbocycles. The summed E-state index contributed by atoms with van der Waals surface area (Å²) in [5, 5.41) is 0. The van der Waals surface area contributed by atoms with Crippen molar-refractivity contribution in [3.8, 4) is 5.75 Å². The van der Waals surface area contributed by atoms with Gasteiger partial charge in [-0.1, -0.05) is 48.0 Å². The molecule has 0 spiro atoms. The van der Waals surface area contributed by atoms with E-state index in [2.05, 4.69) is 0 Å². The van der Waals surface area contributed by atoms with E-state index in [-0.39, 0.29) is 18.4 Å². The minimum atomic E-state index is -0.756. The summed E-state index contributed by atoms with van der Waals surface area (Å²) in [7, 11) is 1.60. The van der Waals surface area contributed by atoms with Gasteiger partial charge < -0.3 is 9.64 Å². The van der Waals surface area contributed by atoms with Crippen molar-refractivity contribution in [2.75, 3.05) is 23.5 Å². The second kappa shape index (κ2) is 8.26. The number of hydrogen-bond donors (Lipinski definition) is 0. The fraction of sp³-hybridized carbons (Fsp3) is 0.231. The number of para-hydroxylation sites is 1. The lowest BCUT2D eigenvalue weighted by Gasteiger charge is -2.41. The second-order valence-electron chi connectivity index (χ2n) is 7.94. The van der Waals surface area contributed by atoms with Gasteiger partial charge in [-0.2, -0.15) is 0 Å². The smallest absolute Gasteiger partial charge is 0.255 e. The van der Waals surface area contributed by atoms with Crippen LogP contribution in [0.5, 0.6) is 5.75 Å². The Morgan fingerprint density at radius 3 is 2.19 bits per heavy atom. The van der Waals surface area contributed by atoms with E-state index < -0.39 is 6.04 Å². The van der Waals surface area contributed by atoms with E-state index in [9.17, 15) is 9.59 Å². The van der Waals surface area contributed by atoms with Gasteiger partial charge in [-0.25, -0.2) is 0 Å². The molecule has 0 aliphatic carbocycles. The predicted molar refractivity (Wildman–Crippen MR) is 123 cm³/mol. The maximum absolute atomic E-state index is 13.8. The minimum Gasteiger partial charge on any atom is -0.497 e. The molecule has 4 rings (SSSR count). The molecule has 1 fully saturated rings. The highest BCUT2D eigenvalue weighted by atomic mass is 16.5. The fourth-order valence-electron chi connectivity index (χ4n) is 4.19. The van der Waals surface area contributed by atoms with E-state index in [1.165, 1.54) is 0 Å². The summed E-state index contributed by atoms with van der Waals surface area (Å²) in [5.74, 6) is 0.460. The van der Waals surface area contributed by atoms with E-state index in [1.807, 2.05) is 87.5 Å². The van der Waals surface area contributed by atoms with Crippen molar-refractivity contribution in [1.82, 2.24) is 0 Å². The first kappa shape index (κ1) is 20.7. The lowest BCUT2D eigenvalue weighted by molar-refractivity contribution is -0.128. The Labute approximate surface area is 182 Å². The molecular weight excluding hydrogens is 388 g/mol. The van der Waals surface area contributed by atoms with Crippen LogP contribution in [0.1, 0.15) is 28.3 Å². The van der Waals surface area contributed by atoms with Crippen molar-refractivity contribution in [2.24, 2.45) is 0 Å². The summed E-state index contributed by atoms with van der Waals surface area (Å²) in [6, 6.07) is 20.2. The number of anilines is 2. The monoisotopic (exact) mass is 414 g/mol. The van der Waals surface area contributed by atoms with Gasteiger partial charge in [-0.3, -0.25) is 14.5 Å². The van der Waals surface area contributed by atoms with Crippen molar-refractivity contribution in [3.63, 3.8) is 0 Å². The molecule has 5 nitrogen and oxygen atoms in total. The summed E-state index contributed by atoms with van der Waals surface area (Å²) < 4.78 is 5.28. The standard InChI is InChI=1S/C26H26N2O3/c1-17-9-14-23(19(3)15-17)28-24(29)16-27(22-8-6-5-7-18(22)2)26(30)25(28)20-10-12-21(31-4)13-11-20/h5-15,25H,16H2,1-4H3. The second-order valence-corrected chi connectivity index (χ2v) is 7.94. The van der Waals surface area contributed by atoms with Gasteiger partial charge in [0.1, 0.15) is 18.3 Å². The first-order chi connectivity index (χ1) is 14.9. The van der Waals surface area contributed by atoms with Gasteiger partial charge in [0.2, 0.25) is 5.91 Å². The highest BCUT2D eigenvalue weighted by Gasteiger charge is 2.42. The average molecular weight is 415 g/mol. The van der Waals surface area contributed by atoms with E-state index in [1.54, 1.807) is 16.9 Å². The van der Waals surface area contributed by atoms with Crippen LogP contribution in [0.25, 0.3) is 0 Å². The number of amides is 2. The van der Waals surface area contributed by atoms with Gasteiger partial charge in [-0.05, 0) is 61.7 Å². The number of carbonyl (C=O) groups is 2. The molecule has 0 aromatic heterocycles. The maximum atomic E-state index is 13.8. The molecular formula is C26H26N2O3. The van der Waals surface area contributed by atoms with Gasteiger partial charge in [0.15, 0.2) is 0 Å². The van der Waals surface area contributed by atoms with E-state index in [4.69, 9.17) is 4.74 Å². The molecule has 1 saturated heterocycles. The molecule has 1 aliphatic heterocycles. The number of methoxy groups -OCH3 is 1. The Morgan fingerprint density at radius 2 is 1.55 bits per heavy atom. The number of aryl methyl sites for hydroxylation is 3. The van der Waals surface area contributed by atoms with Gasteiger partial charge in [0, 0.05) is 11.4 Å². The molecule has 1 atom stereocenters. The zero-order valence-electron chi connectivity index (χ0n) is 18.3. The first-order valence-corrected chi connectivity index (χ1v) is 10.3. The minimum absolute atomic E-state index is 0.00363. The van der Waals surface area contributed by atoms with Crippen molar-refractivity contribution in [2.45, 2.75) is 26.8 Å². The number of hydrogen-bond acceptors (Lipinski definition) is 3. The Bertz CT molecular complexity index is 1140. The normalized spacial score (nSPS) is 16.6. The van der Waals surface area contributed by atoms with Crippen LogP contribution >= 0.6 is 0 Å². The van der Waals surface area contributed by atoms with Crippen molar-refractivity contribution >= 4 is 23.2 Å². The first-order valence-electron chi connectivity index (χ1n) is 10.3. The summed E-state index contributed by atoms with van der Waals surface area (Å²) in [6.07, 6.45) is 0. The third-order valence-electron chi connectivity index (χ3n) is 5.77. The van der Waals surface area contributed by atoms with Crippen LogP contribution in [0.15, 0.2) is 66.7 Å². The Kier molecular flexibility index (Phi) is 5.51. The Morgan fingerprint density at radius 1 is 0.839 bits per heavy atom. The SMILES string of the molecule is COc1ccc(C2C(=O)N(c3ccccc3C)CC(=O)N2c2ccc(C)cc2C)cc1. The van der Waals surface area contributed by atoms with Crippen molar-refractivity contribution in [1.29, 1.82) is 0 Å². The van der Waals surface area contributed by atoms with Gasteiger partial charge in [0.25, 0.3) is 5.91 Å². The lowest BCUT2D eigenvalue weighted by Crippen LogP contribution is -2.56. The van der Waals surface area contributed by atoms with E-state index in [0.717, 1.165) is 33.6 Å². The topological polar surface area (TPSA) is 49.9 Å². The molecule has 1 aliphatic rings. The van der Waals surface area contributed by atoms with E-state index >= 15 is 0 Å². The maximum Gasteiger partial charge on any atom is 0.255 e. The summed E-state index contributed by atoms with van der Waals surface area (Å²) >= 11 is 0. The molecule has 0 N–H and O–H groups in total. The van der Waals surface area contributed by atoms with E-state index in [0.29, 0.717) is 5.75 Å². The Hall–Kier alpha value is -3.60. The molecule has 0 bridgehead atoms. The lowest BCUT2D eigenvalue weighted by atomic mass is 9.97. The highest BCUT2D eigenvalue weighted by molar-refractivity contribution is 6.15. The van der Waals surface area contributed by atoms with Crippen LogP contribution in [0.3, 0.4) is 0 Å².